The topological polar surface area (TPSA) is 36.1 Å². The van der Waals surface area contributed by atoms with Crippen molar-refractivity contribution in [3.05, 3.63) is 57.9 Å². The highest BCUT2D eigenvalue weighted by atomic mass is 32.1. The fourth-order valence-electron chi connectivity index (χ4n) is 2.43. The van der Waals surface area contributed by atoms with Gasteiger partial charge in [-0.2, -0.15) is 0 Å². The average molecular weight is 298 g/mol. The zero-order valence-electron chi connectivity index (χ0n) is 12.4. The van der Waals surface area contributed by atoms with Crippen LogP contribution in [0, 0.1) is 6.92 Å². The van der Waals surface area contributed by atoms with Gasteiger partial charge in [0.25, 0.3) is 5.91 Å². The Morgan fingerprint density at radius 1 is 1.24 bits per heavy atom. The molecule has 3 rings (SSSR count). The molecule has 3 aromatic rings. The van der Waals surface area contributed by atoms with Crippen molar-refractivity contribution in [3.8, 4) is 0 Å². The zero-order valence-corrected chi connectivity index (χ0v) is 13.2. The first kappa shape index (κ1) is 13.9. The lowest BCUT2D eigenvalue weighted by Gasteiger charge is -2.24. The molecule has 0 radical (unpaired) electrons. The summed E-state index contributed by atoms with van der Waals surface area (Å²) in [6.45, 7) is 4.15. The third-order valence-electron chi connectivity index (χ3n) is 3.88. The molecule has 4 heteroatoms. The second-order valence-electron chi connectivity index (χ2n) is 5.32. The van der Waals surface area contributed by atoms with E-state index in [0.717, 1.165) is 10.9 Å². The van der Waals surface area contributed by atoms with Gasteiger partial charge in [-0.15, -0.1) is 11.3 Å². The van der Waals surface area contributed by atoms with Crippen LogP contribution in [0.2, 0.25) is 0 Å². The van der Waals surface area contributed by atoms with E-state index >= 15 is 0 Å². The van der Waals surface area contributed by atoms with Crippen LogP contribution in [-0.4, -0.2) is 22.8 Å². The molecule has 0 saturated heterocycles. The lowest BCUT2D eigenvalue weighted by atomic mass is 10.1. The van der Waals surface area contributed by atoms with Gasteiger partial charge in [-0.25, -0.2) is 0 Å². The van der Waals surface area contributed by atoms with Crippen molar-refractivity contribution in [2.75, 3.05) is 7.05 Å². The molecular weight excluding hydrogens is 280 g/mol. The Morgan fingerprint density at radius 3 is 2.76 bits per heavy atom. The Morgan fingerprint density at radius 2 is 2.05 bits per heavy atom. The molecular formula is C17H18N2OS. The van der Waals surface area contributed by atoms with E-state index in [1.54, 1.807) is 16.2 Å². The Labute approximate surface area is 128 Å². The predicted octanol–water partition coefficient (Wildman–Crippen LogP) is 4.37. The number of hydrogen-bond acceptors (Lipinski definition) is 2. The average Bonchev–Trinajstić information content (AvgIpc) is 3.12. The number of carbonyl (C=O) groups is 1. The zero-order chi connectivity index (χ0) is 15.0. The quantitative estimate of drug-likeness (QED) is 0.765. The van der Waals surface area contributed by atoms with Gasteiger partial charge in [0.05, 0.1) is 6.04 Å². The molecule has 1 atom stereocenters. The number of hydrogen-bond donors (Lipinski definition) is 1. The minimum absolute atomic E-state index is 0.0463. The molecule has 1 N–H and O–H groups in total. The van der Waals surface area contributed by atoms with E-state index in [0.29, 0.717) is 5.56 Å². The predicted molar refractivity (Wildman–Crippen MR) is 87.9 cm³/mol. The van der Waals surface area contributed by atoms with Crippen LogP contribution in [0.3, 0.4) is 0 Å². The normalized spacial score (nSPS) is 12.5. The third kappa shape index (κ3) is 2.59. The van der Waals surface area contributed by atoms with Crippen molar-refractivity contribution in [2.45, 2.75) is 19.9 Å². The smallest absolute Gasteiger partial charge is 0.254 e. The van der Waals surface area contributed by atoms with Gasteiger partial charge in [-0.05, 0) is 49.6 Å². The van der Waals surface area contributed by atoms with Gasteiger partial charge in [0, 0.05) is 34.1 Å². The number of nitrogens with zero attached hydrogens (tertiary/aromatic N) is 1. The maximum atomic E-state index is 12.6. The molecule has 0 aliphatic rings. The first-order valence-corrected chi connectivity index (χ1v) is 7.78. The van der Waals surface area contributed by atoms with E-state index in [1.165, 1.54) is 9.75 Å². The maximum absolute atomic E-state index is 12.6. The monoisotopic (exact) mass is 298 g/mol. The molecule has 2 heterocycles. The number of benzene rings is 1. The van der Waals surface area contributed by atoms with E-state index < -0.39 is 0 Å². The third-order valence-corrected chi connectivity index (χ3v) is 5.05. The second kappa shape index (κ2) is 5.37. The molecule has 1 amide bonds. The number of fused-ring (bicyclic) bond motifs is 1. The van der Waals surface area contributed by atoms with Gasteiger partial charge in [-0.3, -0.25) is 4.79 Å². The van der Waals surface area contributed by atoms with Gasteiger partial charge in [0.15, 0.2) is 0 Å². The van der Waals surface area contributed by atoms with Gasteiger partial charge >= 0.3 is 0 Å². The highest BCUT2D eigenvalue weighted by Gasteiger charge is 2.20. The molecule has 108 valence electrons. The van der Waals surface area contributed by atoms with Crippen molar-refractivity contribution in [1.29, 1.82) is 0 Å². The fraction of sp³-hybridized carbons (Fsp3) is 0.235. The number of nitrogens with one attached hydrogen (secondary N) is 1. The van der Waals surface area contributed by atoms with Crippen LogP contribution in [-0.2, 0) is 0 Å². The summed E-state index contributed by atoms with van der Waals surface area (Å²) >= 11 is 1.74. The minimum atomic E-state index is 0.0463. The van der Waals surface area contributed by atoms with Gasteiger partial charge in [0.2, 0.25) is 0 Å². The molecule has 0 fully saturated rings. The Bertz CT molecular complexity index is 787. The van der Waals surface area contributed by atoms with E-state index in [2.05, 4.69) is 31.0 Å². The van der Waals surface area contributed by atoms with Gasteiger partial charge in [0.1, 0.15) is 0 Å². The Balaban J connectivity index is 1.86. The van der Waals surface area contributed by atoms with Crippen LogP contribution in [0.1, 0.15) is 33.1 Å². The van der Waals surface area contributed by atoms with Crippen LogP contribution < -0.4 is 0 Å². The van der Waals surface area contributed by atoms with Crippen LogP contribution in [0.25, 0.3) is 10.9 Å². The molecule has 1 aromatic carbocycles. The molecule has 2 aromatic heterocycles. The summed E-state index contributed by atoms with van der Waals surface area (Å²) in [5.41, 5.74) is 1.71. The summed E-state index contributed by atoms with van der Waals surface area (Å²) in [5, 5.41) is 1.12. The number of carbonyl (C=O) groups excluding carboxylic acids is 1. The summed E-state index contributed by atoms with van der Waals surface area (Å²) < 4.78 is 0. The molecule has 21 heavy (non-hydrogen) atoms. The molecule has 0 aliphatic heterocycles. The summed E-state index contributed by atoms with van der Waals surface area (Å²) in [7, 11) is 1.86. The van der Waals surface area contributed by atoms with Crippen molar-refractivity contribution >= 4 is 28.1 Å². The summed E-state index contributed by atoms with van der Waals surface area (Å²) in [6, 6.07) is 12.1. The van der Waals surface area contributed by atoms with Crippen LogP contribution in [0.5, 0.6) is 0 Å². The number of aryl methyl sites for hydroxylation is 1. The van der Waals surface area contributed by atoms with Crippen LogP contribution >= 0.6 is 11.3 Å². The molecule has 0 spiro atoms. The first-order valence-electron chi connectivity index (χ1n) is 6.97. The van der Waals surface area contributed by atoms with Crippen molar-refractivity contribution in [3.63, 3.8) is 0 Å². The van der Waals surface area contributed by atoms with E-state index in [1.807, 2.05) is 37.5 Å². The number of H-pyrrole nitrogens is 1. The standard InChI is InChI=1S/C17H18N2OS/c1-11-4-7-16(21-11)12(2)19(3)17(20)14-6-5-13-8-9-18-15(13)10-14/h4-10,12,18H,1-3H3. The molecule has 3 nitrogen and oxygen atoms in total. The van der Waals surface area contributed by atoms with Crippen molar-refractivity contribution < 1.29 is 4.79 Å². The summed E-state index contributed by atoms with van der Waals surface area (Å²) in [6.07, 6.45) is 1.89. The van der Waals surface area contributed by atoms with Gasteiger partial charge < -0.3 is 9.88 Å². The molecule has 1 unspecified atom stereocenters. The lowest BCUT2D eigenvalue weighted by molar-refractivity contribution is 0.0745. The Kier molecular flexibility index (Phi) is 3.55. The molecule has 0 saturated carbocycles. The van der Waals surface area contributed by atoms with Crippen molar-refractivity contribution in [1.82, 2.24) is 9.88 Å². The number of aromatic amines is 1. The number of rotatable bonds is 3. The highest BCUT2D eigenvalue weighted by Crippen LogP contribution is 2.27. The van der Waals surface area contributed by atoms with Crippen LogP contribution in [0.4, 0.5) is 0 Å². The molecule has 0 bridgehead atoms. The van der Waals surface area contributed by atoms with Crippen LogP contribution in [0.15, 0.2) is 42.6 Å². The highest BCUT2D eigenvalue weighted by molar-refractivity contribution is 7.12. The van der Waals surface area contributed by atoms with Gasteiger partial charge in [-0.1, -0.05) is 6.07 Å². The van der Waals surface area contributed by atoms with E-state index in [4.69, 9.17) is 0 Å². The lowest BCUT2D eigenvalue weighted by Crippen LogP contribution is -2.29. The SMILES string of the molecule is Cc1ccc(C(C)N(C)C(=O)c2ccc3cc[nH]c3c2)s1. The maximum Gasteiger partial charge on any atom is 0.254 e. The summed E-state index contributed by atoms with van der Waals surface area (Å²) in [4.78, 5) is 20.1. The second-order valence-corrected chi connectivity index (χ2v) is 6.64. The fourth-order valence-corrected chi connectivity index (χ4v) is 3.40. The first-order chi connectivity index (χ1) is 10.1. The summed E-state index contributed by atoms with van der Waals surface area (Å²) in [5.74, 6) is 0.0463. The Hall–Kier alpha value is -2.07. The number of aromatic nitrogens is 1. The number of thiophene rings is 1. The van der Waals surface area contributed by atoms with E-state index in [9.17, 15) is 4.79 Å². The van der Waals surface area contributed by atoms with Crippen molar-refractivity contribution in [2.24, 2.45) is 0 Å². The van der Waals surface area contributed by atoms with E-state index in [-0.39, 0.29) is 11.9 Å². The number of amides is 1. The molecule has 0 aliphatic carbocycles. The largest absolute Gasteiger partial charge is 0.361 e. The minimum Gasteiger partial charge on any atom is -0.361 e.